The van der Waals surface area contributed by atoms with E-state index < -0.39 is 0 Å². The highest BCUT2D eigenvalue weighted by atomic mass is 14.9. The summed E-state index contributed by atoms with van der Waals surface area (Å²) in [4.78, 5) is 0. The van der Waals surface area contributed by atoms with Crippen molar-refractivity contribution >= 4 is 17.1 Å². The Bertz CT molecular complexity index is 705. The van der Waals surface area contributed by atoms with Gasteiger partial charge >= 0.3 is 0 Å². The summed E-state index contributed by atoms with van der Waals surface area (Å²) >= 11 is 0. The molecule has 0 aliphatic heterocycles. The number of hydrogen-bond donors (Lipinski definition) is 2. The predicted octanol–water partition coefficient (Wildman–Crippen LogP) is 4.68. The molecule has 0 saturated heterocycles. The van der Waals surface area contributed by atoms with E-state index in [0.29, 0.717) is 0 Å². The lowest BCUT2D eigenvalue weighted by atomic mass is 10.0. The van der Waals surface area contributed by atoms with E-state index in [2.05, 4.69) is 35.6 Å². The number of nitrogens with two attached hydrogens (primary N) is 1. The number of anilines is 3. The Kier molecular flexibility index (Phi) is 3.38. The van der Waals surface area contributed by atoms with Crippen molar-refractivity contribution < 1.29 is 0 Å². The molecule has 0 bridgehead atoms. The van der Waals surface area contributed by atoms with E-state index in [4.69, 9.17) is 5.73 Å². The number of rotatable bonds is 3. The summed E-state index contributed by atoms with van der Waals surface area (Å²) in [5, 5.41) is 3.45. The Balaban J connectivity index is 2.00. The molecule has 3 aromatic carbocycles. The molecule has 0 aromatic heterocycles. The number of nitrogen functional groups attached to an aromatic ring is 1. The normalized spacial score (nSPS) is 10.2. The first-order valence-corrected chi connectivity index (χ1v) is 6.60. The SMILES string of the molecule is Nc1cccc(-c2ccccc2Nc2ccccc2)c1. The second-order valence-electron chi connectivity index (χ2n) is 4.66. The molecule has 0 heterocycles. The van der Waals surface area contributed by atoms with Gasteiger partial charge in [-0.15, -0.1) is 0 Å². The number of para-hydroxylation sites is 2. The van der Waals surface area contributed by atoms with Crippen molar-refractivity contribution in [3.63, 3.8) is 0 Å². The second kappa shape index (κ2) is 5.49. The summed E-state index contributed by atoms with van der Waals surface area (Å²) in [5.41, 5.74) is 11.1. The topological polar surface area (TPSA) is 38.0 Å². The molecule has 3 aromatic rings. The molecule has 0 spiro atoms. The van der Waals surface area contributed by atoms with E-state index in [-0.39, 0.29) is 0 Å². The zero-order valence-corrected chi connectivity index (χ0v) is 11.1. The maximum atomic E-state index is 5.88. The second-order valence-corrected chi connectivity index (χ2v) is 4.66. The highest BCUT2D eigenvalue weighted by molar-refractivity contribution is 5.82. The molecule has 2 heteroatoms. The standard InChI is InChI=1S/C18H16N2/c19-15-8-6-7-14(13-15)17-11-4-5-12-18(17)20-16-9-2-1-3-10-16/h1-13,20H,19H2. The van der Waals surface area contributed by atoms with Crippen molar-refractivity contribution in [1.82, 2.24) is 0 Å². The van der Waals surface area contributed by atoms with Crippen LogP contribution in [0, 0.1) is 0 Å². The smallest absolute Gasteiger partial charge is 0.0463 e. The predicted molar refractivity (Wildman–Crippen MR) is 86.0 cm³/mol. The first kappa shape index (κ1) is 12.3. The van der Waals surface area contributed by atoms with Crippen LogP contribution in [0.5, 0.6) is 0 Å². The van der Waals surface area contributed by atoms with Crippen molar-refractivity contribution in [2.75, 3.05) is 11.1 Å². The van der Waals surface area contributed by atoms with Gasteiger partial charge in [0.25, 0.3) is 0 Å². The minimum atomic E-state index is 0.775. The van der Waals surface area contributed by atoms with Crippen LogP contribution in [0.15, 0.2) is 78.9 Å². The zero-order chi connectivity index (χ0) is 13.8. The van der Waals surface area contributed by atoms with E-state index >= 15 is 0 Å². The van der Waals surface area contributed by atoms with Crippen LogP contribution in [0.1, 0.15) is 0 Å². The third-order valence-electron chi connectivity index (χ3n) is 3.18. The first-order chi connectivity index (χ1) is 9.83. The highest BCUT2D eigenvalue weighted by Gasteiger charge is 2.04. The maximum absolute atomic E-state index is 5.88. The van der Waals surface area contributed by atoms with Crippen molar-refractivity contribution in [3.05, 3.63) is 78.9 Å². The molecule has 0 fully saturated rings. The molecular formula is C18H16N2. The molecule has 98 valence electrons. The number of hydrogen-bond acceptors (Lipinski definition) is 2. The highest BCUT2D eigenvalue weighted by Crippen LogP contribution is 2.30. The fourth-order valence-electron chi connectivity index (χ4n) is 2.23. The van der Waals surface area contributed by atoms with E-state index in [0.717, 1.165) is 28.2 Å². The first-order valence-electron chi connectivity index (χ1n) is 6.60. The Morgan fingerprint density at radius 3 is 2.25 bits per heavy atom. The molecule has 0 aliphatic carbocycles. The van der Waals surface area contributed by atoms with Crippen molar-refractivity contribution in [2.24, 2.45) is 0 Å². The molecule has 0 amide bonds. The fraction of sp³-hybridized carbons (Fsp3) is 0. The van der Waals surface area contributed by atoms with Gasteiger partial charge in [-0.05, 0) is 35.9 Å². The quantitative estimate of drug-likeness (QED) is 0.671. The summed E-state index contributed by atoms with van der Waals surface area (Å²) in [6.45, 7) is 0. The molecule has 3 N–H and O–H groups in total. The molecule has 0 saturated carbocycles. The summed E-state index contributed by atoms with van der Waals surface area (Å²) in [7, 11) is 0. The van der Waals surface area contributed by atoms with Gasteiger partial charge in [0, 0.05) is 22.6 Å². The van der Waals surface area contributed by atoms with Gasteiger partial charge in [-0.25, -0.2) is 0 Å². The van der Waals surface area contributed by atoms with E-state index in [1.807, 2.05) is 48.5 Å². The van der Waals surface area contributed by atoms with Gasteiger partial charge in [-0.2, -0.15) is 0 Å². The Hall–Kier alpha value is -2.74. The zero-order valence-electron chi connectivity index (χ0n) is 11.1. The van der Waals surface area contributed by atoms with Crippen molar-refractivity contribution in [1.29, 1.82) is 0 Å². The maximum Gasteiger partial charge on any atom is 0.0463 e. The third-order valence-corrected chi connectivity index (χ3v) is 3.18. The lowest BCUT2D eigenvalue weighted by Gasteiger charge is -2.12. The Morgan fingerprint density at radius 2 is 1.45 bits per heavy atom. The third kappa shape index (κ3) is 2.64. The van der Waals surface area contributed by atoms with E-state index in [1.165, 1.54) is 0 Å². The van der Waals surface area contributed by atoms with Gasteiger partial charge in [0.15, 0.2) is 0 Å². The van der Waals surface area contributed by atoms with Gasteiger partial charge < -0.3 is 11.1 Å². The number of benzene rings is 3. The molecule has 0 radical (unpaired) electrons. The van der Waals surface area contributed by atoms with E-state index in [1.54, 1.807) is 0 Å². The summed E-state index contributed by atoms with van der Waals surface area (Å²) in [6, 6.07) is 26.3. The molecule has 20 heavy (non-hydrogen) atoms. The monoisotopic (exact) mass is 260 g/mol. The average Bonchev–Trinajstić information content (AvgIpc) is 2.49. The van der Waals surface area contributed by atoms with Crippen LogP contribution in [-0.2, 0) is 0 Å². The molecule has 0 aliphatic rings. The molecule has 3 rings (SSSR count). The Labute approximate surface area is 118 Å². The van der Waals surface area contributed by atoms with Gasteiger partial charge in [0.2, 0.25) is 0 Å². The van der Waals surface area contributed by atoms with Crippen molar-refractivity contribution in [2.45, 2.75) is 0 Å². The van der Waals surface area contributed by atoms with Crippen LogP contribution in [0.3, 0.4) is 0 Å². The Morgan fingerprint density at radius 1 is 0.700 bits per heavy atom. The molecule has 0 unspecified atom stereocenters. The minimum absolute atomic E-state index is 0.775. The van der Waals surface area contributed by atoms with E-state index in [9.17, 15) is 0 Å². The lowest BCUT2D eigenvalue weighted by molar-refractivity contribution is 1.53. The lowest BCUT2D eigenvalue weighted by Crippen LogP contribution is -1.93. The summed E-state index contributed by atoms with van der Waals surface area (Å²) in [5.74, 6) is 0. The number of nitrogens with one attached hydrogen (secondary N) is 1. The van der Waals surface area contributed by atoms with Gasteiger partial charge in [0.1, 0.15) is 0 Å². The molecule has 0 atom stereocenters. The van der Waals surface area contributed by atoms with Crippen LogP contribution in [-0.4, -0.2) is 0 Å². The minimum Gasteiger partial charge on any atom is -0.399 e. The van der Waals surface area contributed by atoms with Crippen molar-refractivity contribution in [3.8, 4) is 11.1 Å². The van der Waals surface area contributed by atoms with Crippen LogP contribution in [0.25, 0.3) is 11.1 Å². The van der Waals surface area contributed by atoms with Crippen LogP contribution in [0.4, 0.5) is 17.1 Å². The van der Waals surface area contributed by atoms with Crippen LogP contribution in [0.2, 0.25) is 0 Å². The molecule has 2 nitrogen and oxygen atoms in total. The largest absolute Gasteiger partial charge is 0.399 e. The summed E-state index contributed by atoms with van der Waals surface area (Å²) < 4.78 is 0. The van der Waals surface area contributed by atoms with Gasteiger partial charge in [-0.1, -0.05) is 48.5 Å². The van der Waals surface area contributed by atoms with Crippen LogP contribution < -0.4 is 11.1 Å². The average molecular weight is 260 g/mol. The van der Waals surface area contributed by atoms with Gasteiger partial charge in [-0.3, -0.25) is 0 Å². The molecular weight excluding hydrogens is 244 g/mol. The summed E-state index contributed by atoms with van der Waals surface area (Å²) in [6.07, 6.45) is 0. The fourth-order valence-corrected chi connectivity index (χ4v) is 2.23. The van der Waals surface area contributed by atoms with Crippen LogP contribution >= 0.6 is 0 Å². The van der Waals surface area contributed by atoms with Gasteiger partial charge in [0.05, 0.1) is 0 Å².